The van der Waals surface area contributed by atoms with E-state index in [2.05, 4.69) is 16.8 Å². The zero-order valence-electron chi connectivity index (χ0n) is 11.3. The fourth-order valence-corrected chi connectivity index (χ4v) is 4.10. The van der Waals surface area contributed by atoms with Crippen LogP contribution in [0.3, 0.4) is 0 Å². The second kappa shape index (κ2) is 5.08. The van der Waals surface area contributed by atoms with E-state index < -0.39 is 12.2 Å². The highest BCUT2D eigenvalue weighted by Gasteiger charge is 2.42. The Hall–Kier alpha value is -0.160. The minimum atomic E-state index is -0.483. The number of aliphatic hydroxyl groups is 2. The van der Waals surface area contributed by atoms with Gasteiger partial charge in [0.1, 0.15) is 0 Å². The van der Waals surface area contributed by atoms with Gasteiger partial charge >= 0.3 is 0 Å². The molecule has 4 atom stereocenters. The molecule has 0 unspecified atom stereocenters. The molecule has 0 aromatic carbocycles. The van der Waals surface area contributed by atoms with Crippen LogP contribution in [0.2, 0.25) is 0 Å². The molecule has 2 N–H and O–H groups in total. The van der Waals surface area contributed by atoms with Gasteiger partial charge in [-0.2, -0.15) is 0 Å². The van der Waals surface area contributed by atoms with Crippen molar-refractivity contribution in [2.24, 2.45) is 11.8 Å². The summed E-state index contributed by atoms with van der Waals surface area (Å²) in [6.45, 7) is 4.70. The molecule has 1 saturated carbocycles. The molecule has 0 amide bonds. The van der Waals surface area contributed by atoms with Crippen LogP contribution < -0.4 is 0 Å². The molecule has 2 saturated heterocycles. The predicted octanol–water partition coefficient (Wildman–Crippen LogP) is 0.144. The first kappa shape index (κ1) is 12.9. The molecule has 104 valence electrons. The van der Waals surface area contributed by atoms with Crippen LogP contribution >= 0.6 is 0 Å². The number of hydrogen-bond donors (Lipinski definition) is 2. The SMILES string of the molecule is CN1CCC(N2C[C@H]3C[C@H](O)[C@@H](O)C[C@H]3C2)CC1. The van der Waals surface area contributed by atoms with Crippen molar-refractivity contribution in [3.63, 3.8) is 0 Å². The molecule has 3 fully saturated rings. The summed E-state index contributed by atoms with van der Waals surface area (Å²) in [6, 6.07) is 0.737. The predicted molar refractivity (Wildman–Crippen MR) is 70.3 cm³/mol. The van der Waals surface area contributed by atoms with Crippen molar-refractivity contribution in [2.45, 2.75) is 43.9 Å². The zero-order valence-corrected chi connectivity index (χ0v) is 11.3. The summed E-state index contributed by atoms with van der Waals surface area (Å²) in [4.78, 5) is 5.04. The summed E-state index contributed by atoms with van der Waals surface area (Å²) < 4.78 is 0. The Kier molecular flexibility index (Phi) is 3.63. The normalized spacial score (nSPS) is 44.2. The van der Waals surface area contributed by atoms with Gasteiger partial charge in [0.2, 0.25) is 0 Å². The number of fused-ring (bicyclic) bond motifs is 1. The number of likely N-dealkylation sites (tertiary alicyclic amines) is 2. The average Bonchev–Trinajstić information content (AvgIpc) is 2.73. The van der Waals surface area contributed by atoms with Gasteiger partial charge in [-0.1, -0.05) is 0 Å². The molecule has 3 aliphatic rings. The zero-order chi connectivity index (χ0) is 12.7. The van der Waals surface area contributed by atoms with Crippen molar-refractivity contribution in [1.29, 1.82) is 0 Å². The number of nitrogens with zero attached hydrogens (tertiary/aromatic N) is 2. The highest BCUT2D eigenvalue weighted by atomic mass is 16.3. The molecule has 4 heteroatoms. The first-order valence-corrected chi connectivity index (χ1v) is 7.42. The molecule has 2 aliphatic heterocycles. The topological polar surface area (TPSA) is 46.9 Å². The summed E-state index contributed by atoms with van der Waals surface area (Å²) in [7, 11) is 2.20. The highest BCUT2D eigenvalue weighted by molar-refractivity contribution is 4.95. The van der Waals surface area contributed by atoms with Crippen LogP contribution in [0.25, 0.3) is 0 Å². The smallest absolute Gasteiger partial charge is 0.0802 e. The Bertz CT molecular complexity index is 274. The summed E-state index contributed by atoms with van der Waals surface area (Å²) >= 11 is 0. The van der Waals surface area contributed by atoms with Crippen LogP contribution in [0.5, 0.6) is 0 Å². The molecule has 1 aliphatic carbocycles. The molecule has 0 bridgehead atoms. The van der Waals surface area contributed by atoms with Gasteiger partial charge in [0.25, 0.3) is 0 Å². The van der Waals surface area contributed by atoms with E-state index in [-0.39, 0.29) is 0 Å². The molecule has 0 radical (unpaired) electrons. The lowest BCUT2D eigenvalue weighted by Gasteiger charge is -2.35. The summed E-state index contributed by atoms with van der Waals surface area (Å²) in [6.07, 6.45) is 3.19. The molecule has 4 nitrogen and oxygen atoms in total. The Balaban J connectivity index is 1.58. The fraction of sp³-hybridized carbons (Fsp3) is 1.00. The summed E-state index contributed by atoms with van der Waals surface area (Å²) in [5, 5.41) is 19.6. The van der Waals surface area contributed by atoms with E-state index >= 15 is 0 Å². The molecule has 18 heavy (non-hydrogen) atoms. The minimum absolute atomic E-state index is 0.483. The molecular formula is C14H26N2O2. The largest absolute Gasteiger partial charge is 0.390 e. The number of rotatable bonds is 1. The van der Waals surface area contributed by atoms with Crippen LogP contribution in [-0.2, 0) is 0 Å². The first-order valence-electron chi connectivity index (χ1n) is 7.42. The van der Waals surface area contributed by atoms with E-state index in [0.717, 1.165) is 32.0 Å². The highest BCUT2D eigenvalue weighted by Crippen LogP contribution is 2.38. The van der Waals surface area contributed by atoms with Gasteiger partial charge in [0.05, 0.1) is 12.2 Å². The fourth-order valence-electron chi connectivity index (χ4n) is 4.10. The lowest BCUT2D eigenvalue weighted by atomic mass is 9.79. The van der Waals surface area contributed by atoms with Crippen molar-refractivity contribution >= 4 is 0 Å². The minimum Gasteiger partial charge on any atom is -0.390 e. The van der Waals surface area contributed by atoms with Crippen molar-refractivity contribution in [3.8, 4) is 0 Å². The van der Waals surface area contributed by atoms with Crippen molar-refractivity contribution in [2.75, 3.05) is 33.2 Å². The Labute approximate surface area is 110 Å². The van der Waals surface area contributed by atoms with Crippen molar-refractivity contribution in [3.05, 3.63) is 0 Å². The molecular weight excluding hydrogens is 228 g/mol. The van der Waals surface area contributed by atoms with Gasteiger partial charge < -0.3 is 15.1 Å². The number of piperidine rings is 1. The van der Waals surface area contributed by atoms with Crippen LogP contribution in [0, 0.1) is 11.8 Å². The average molecular weight is 254 g/mol. The standard InChI is InChI=1S/C14H26N2O2/c1-15-4-2-12(3-5-15)16-8-10-6-13(17)14(18)7-11(10)9-16/h10-14,17-18H,2-9H2,1H3/t10-,11+,13-,14-/m0/s1. The first-order chi connectivity index (χ1) is 8.63. The Morgan fingerprint density at radius 2 is 1.39 bits per heavy atom. The van der Waals surface area contributed by atoms with E-state index in [1.807, 2.05) is 0 Å². The quantitative estimate of drug-likeness (QED) is 0.699. The second-order valence-corrected chi connectivity index (χ2v) is 6.61. The maximum atomic E-state index is 9.78. The van der Waals surface area contributed by atoms with Gasteiger partial charge in [-0.15, -0.1) is 0 Å². The Morgan fingerprint density at radius 3 is 1.89 bits per heavy atom. The number of hydrogen-bond acceptors (Lipinski definition) is 4. The van der Waals surface area contributed by atoms with E-state index in [1.165, 1.54) is 25.9 Å². The van der Waals surface area contributed by atoms with E-state index in [1.54, 1.807) is 0 Å². The van der Waals surface area contributed by atoms with Gasteiger partial charge in [0, 0.05) is 19.1 Å². The van der Waals surface area contributed by atoms with E-state index in [0.29, 0.717) is 11.8 Å². The summed E-state index contributed by atoms with van der Waals surface area (Å²) in [5.41, 5.74) is 0. The van der Waals surface area contributed by atoms with E-state index in [9.17, 15) is 10.2 Å². The number of aliphatic hydroxyl groups excluding tert-OH is 2. The van der Waals surface area contributed by atoms with Crippen LogP contribution in [0.4, 0.5) is 0 Å². The van der Waals surface area contributed by atoms with Crippen LogP contribution in [0.1, 0.15) is 25.7 Å². The molecule has 2 heterocycles. The summed E-state index contributed by atoms with van der Waals surface area (Å²) in [5.74, 6) is 1.23. The molecule has 3 rings (SSSR count). The lowest BCUT2D eigenvalue weighted by molar-refractivity contribution is -0.0372. The van der Waals surface area contributed by atoms with Crippen LogP contribution in [0.15, 0.2) is 0 Å². The molecule has 0 aromatic heterocycles. The maximum Gasteiger partial charge on any atom is 0.0802 e. The van der Waals surface area contributed by atoms with E-state index in [4.69, 9.17) is 0 Å². The molecule has 0 spiro atoms. The van der Waals surface area contributed by atoms with Crippen LogP contribution in [-0.4, -0.2) is 71.5 Å². The third-order valence-electron chi connectivity index (χ3n) is 5.34. The van der Waals surface area contributed by atoms with Gasteiger partial charge in [-0.05, 0) is 57.7 Å². The monoisotopic (exact) mass is 254 g/mol. The molecule has 0 aromatic rings. The van der Waals surface area contributed by atoms with Crippen molar-refractivity contribution < 1.29 is 10.2 Å². The Morgan fingerprint density at radius 1 is 0.889 bits per heavy atom. The van der Waals surface area contributed by atoms with Gasteiger partial charge in [0.15, 0.2) is 0 Å². The lowest BCUT2D eigenvalue weighted by Crippen LogP contribution is -2.42. The van der Waals surface area contributed by atoms with Gasteiger partial charge in [-0.3, -0.25) is 4.90 Å². The third-order valence-corrected chi connectivity index (χ3v) is 5.34. The van der Waals surface area contributed by atoms with Gasteiger partial charge in [-0.25, -0.2) is 0 Å². The second-order valence-electron chi connectivity index (χ2n) is 6.61. The van der Waals surface area contributed by atoms with Crippen molar-refractivity contribution in [1.82, 2.24) is 9.80 Å². The third kappa shape index (κ3) is 2.44. The maximum absolute atomic E-state index is 9.78.